The van der Waals surface area contributed by atoms with Crippen molar-refractivity contribution in [3.05, 3.63) is 46.9 Å². The third-order valence-corrected chi connectivity index (χ3v) is 5.86. The quantitative estimate of drug-likeness (QED) is 0.560. The fourth-order valence-electron chi connectivity index (χ4n) is 2.48. The van der Waals surface area contributed by atoms with Crippen molar-refractivity contribution in [2.24, 2.45) is 0 Å². The summed E-state index contributed by atoms with van der Waals surface area (Å²) in [7, 11) is -3.98. The maximum atomic E-state index is 12.4. The van der Waals surface area contributed by atoms with Crippen LogP contribution in [-0.4, -0.2) is 46.7 Å². The fraction of sp³-hybridized carbons (Fsp3) is 0.263. The molecule has 0 unspecified atom stereocenters. The van der Waals surface area contributed by atoms with Crippen molar-refractivity contribution in [2.45, 2.75) is 11.3 Å². The molecule has 0 aliphatic carbocycles. The molecule has 0 aromatic heterocycles. The Bertz CT molecular complexity index is 1030. The number of carbonyl (C=O) groups is 2. The van der Waals surface area contributed by atoms with Gasteiger partial charge < -0.3 is 19.5 Å². The van der Waals surface area contributed by atoms with E-state index in [0.29, 0.717) is 36.8 Å². The number of benzene rings is 2. The molecule has 0 bridgehead atoms. The molecule has 0 fully saturated rings. The number of rotatable bonds is 7. The summed E-state index contributed by atoms with van der Waals surface area (Å²) in [6.07, 6.45) is 0.691. The zero-order chi connectivity index (χ0) is 21.6. The average Bonchev–Trinajstić information content (AvgIpc) is 2.97. The molecule has 11 heteroatoms. The number of hydrogen-bond acceptors (Lipinski definition) is 7. The van der Waals surface area contributed by atoms with Gasteiger partial charge in [-0.15, -0.1) is 0 Å². The van der Waals surface area contributed by atoms with E-state index in [-0.39, 0.29) is 4.90 Å². The third kappa shape index (κ3) is 6.18. The number of ether oxygens (including phenoxy) is 3. The van der Waals surface area contributed by atoms with Gasteiger partial charge in [0.25, 0.3) is 5.91 Å². The molecular formula is C19H19BrN2O7S. The highest BCUT2D eigenvalue weighted by Crippen LogP contribution is 2.31. The topological polar surface area (TPSA) is 120 Å². The predicted octanol–water partition coefficient (Wildman–Crippen LogP) is 2.07. The largest absolute Gasteiger partial charge is 0.490 e. The first-order valence-electron chi connectivity index (χ1n) is 8.94. The lowest BCUT2D eigenvalue weighted by atomic mass is 10.3. The van der Waals surface area contributed by atoms with Gasteiger partial charge in [-0.25, -0.2) is 8.42 Å². The van der Waals surface area contributed by atoms with Crippen molar-refractivity contribution in [3.8, 4) is 11.5 Å². The molecule has 0 spiro atoms. The number of hydrogen-bond donors (Lipinski definition) is 2. The Morgan fingerprint density at radius 2 is 1.73 bits per heavy atom. The Labute approximate surface area is 181 Å². The summed E-state index contributed by atoms with van der Waals surface area (Å²) in [6.45, 7) is -0.264. The van der Waals surface area contributed by atoms with Gasteiger partial charge in [0.05, 0.1) is 18.1 Å². The van der Waals surface area contributed by atoms with E-state index in [1.807, 2.05) is 0 Å². The molecule has 160 valence electrons. The number of sulfonamides is 1. The molecule has 9 nitrogen and oxygen atoms in total. The van der Waals surface area contributed by atoms with Crippen LogP contribution in [0.1, 0.15) is 6.42 Å². The standard InChI is InChI=1S/C19H19BrN2O7S/c20-13-2-4-14(5-3-13)22-18(23)12-29-19(24)11-21-30(25,26)15-6-7-16-17(10-15)28-9-1-8-27-16/h2-7,10,21H,1,8-9,11-12H2,(H,22,23). The number of anilines is 1. The van der Waals surface area contributed by atoms with E-state index in [4.69, 9.17) is 14.2 Å². The highest BCUT2D eigenvalue weighted by atomic mass is 79.9. The first kappa shape index (κ1) is 22.1. The van der Waals surface area contributed by atoms with Crippen molar-refractivity contribution in [2.75, 3.05) is 31.7 Å². The first-order valence-corrected chi connectivity index (χ1v) is 11.2. The summed E-state index contributed by atoms with van der Waals surface area (Å²) >= 11 is 3.28. The molecule has 0 radical (unpaired) electrons. The molecule has 0 atom stereocenters. The lowest BCUT2D eigenvalue weighted by Crippen LogP contribution is -2.32. The van der Waals surface area contributed by atoms with Crippen molar-refractivity contribution in [1.82, 2.24) is 4.72 Å². The van der Waals surface area contributed by atoms with Gasteiger partial charge in [0.15, 0.2) is 18.1 Å². The molecule has 2 aromatic carbocycles. The van der Waals surface area contributed by atoms with Crippen LogP contribution < -0.4 is 19.5 Å². The molecule has 1 heterocycles. The SMILES string of the molecule is O=C(COC(=O)CNS(=O)(=O)c1ccc2c(c1)OCCCO2)Nc1ccc(Br)cc1. The van der Waals surface area contributed by atoms with Crippen molar-refractivity contribution >= 4 is 43.5 Å². The van der Waals surface area contributed by atoms with E-state index in [2.05, 4.69) is 26.0 Å². The maximum Gasteiger partial charge on any atom is 0.321 e. The number of esters is 1. The van der Waals surface area contributed by atoms with Gasteiger partial charge in [-0.3, -0.25) is 9.59 Å². The predicted molar refractivity (Wildman–Crippen MR) is 111 cm³/mol. The molecule has 0 saturated carbocycles. The Balaban J connectivity index is 1.49. The van der Waals surface area contributed by atoms with Gasteiger partial charge in [0.2, 0.25) is 10.0 Å². The van der Waals surface area contributed by atoms with E-state index < -0.39 is 35.1 Å². The summed E-state index contributed by atoms with van der Waals surface area (Å²) < 4.78 is 43.6. The lowest BCUT2D eigenvalue weighted by molar-refractivity contribution is -0.146. The number of amides is 1. The number of carbonyl (C=O) groups excluding carboxylic acids is 2. The van der Waals surface area contributed by atoms with Gasteiger partial charge in [0, 0.05) is 22.6 Å². The lowest BCUT2D eigenvalue weighted by Gasteiger charge is -2.11. The molecule has 1 amide bonds. The van der Waals surface area contributed by atoms with Crippen LogP contribution in [0.15, 0.2) is 51.8 Å². The zero-order valence-electron chi connectivity index (χ0n) is 15.7. The summed E-state index contributed by atoms with van der Waals surface area (Å²) in [6, 6.07) is 11.0. The summed E-state index contributed by atoms with van der Waals surface area (Å²) in [5.74, 6) is -0.652. The smallest absolute Gasteiger partial charge is 0.321 e. The minimum absolute atomic E-state index is 0.0764. The Kier molecular flexibility index (Phi) is 7.29. The van der Waals surface area contributed by atoms with Gasteiger partial charge in [0.1, 0.15) is 6.54 Å². The van der Waals surface area contributed by atoms with E-state index in [0.717, 1.165) is 4.47 Å². The van der Waals surface area contributed by atoms with E-state index >= 15 is 0 Å². The molecule has 1 aliphatic heterocycles. The second-order valence-electron chi connectivity index (χ2n) is 6.20. The number of nitrogens with one attached hydrogen (secondary N) is 2. The van der Waals surface area contributed by atoms with Crippen molar-refractivity contribution in [3.63, 3.8) is 0 Å². The minimum Gasteiger partial charge on any atom is -0.490 e. The second-order valence-corrected chi connectivity index (χ2v) is 8.88. The van der Waals surface area contributed by atoms with Crippen LogP contribution in [0, 0.1) is 0 Å². The van der Waals surface area contributed by atoms with Gasteiger partial charge >= 0.3 is 5.97 Å². The van der Waals surface area contributed by atoms with Crippen LogP contribution in [0.25, 0.3) is 0 Å². The van der Waals surface area contributed by atoms with Gasteiger partial charge in [-0.05, 0) is 36.4 Å². The molecule has 2 aromatic rings. The third-order valence-electron chi connectivity index (χ3n) is 3.93. The van der Waals surface area contributed by atoms with E-state index in [1.165, 1.54) is 18.2 Å². The average molecular weight is 499 g/mol. The van der Waals surface area contributed by atoms with Crippen LogP contribution in [0.2, 0.25) is 0 Å². The number of halogens is 1. The van der Waals surface area contributed by atoms with Crippen LogP contribution in [0.4, 0.5) is 5.69 Å². The molecule has 30 heavy (non-hydrogen) atoms. The normalized spacial score (nSPS) is 13.2. The molecule has 3 rings (SSSR count). The second kappa shape index (κ2) is 9.92. The Morgan fingerprint density at radius 3 is 2.47 bits per heavy atom. The number of fused-ring (bicyclic) bond motifs is 1. The van der Waals surface area contributed by atoms with Crippen LogP contribution in [0.5, 0.6) is 11.5 Å². The minimum atomic E-state index is -3.98. The Morgan fingerprint density at radius 1 is 1.03 bits per heavy atom. The molecule has 1 aliphatic rings. The fourth-order valence-corrected chi connectivity index (χ4v) is 3.72. The van der Waals surface area contributed by atoms with E-state index in [1.54, 1.807) is 24.3 Å². The molecular weight excluding hydrogens is 480 g/mol. The van der Waals surface area contributed by atoms with Crippen LogP contribution >= 0.6 is 15.9 Å². The highest BCUT2D eigenvalue weighted by Gasteiger charge is 2.20. The van der Waals surface area contributed by atoms with Crippen molar-refractivity contribution in [1.29, 1.82) is 0 Å². The van der Waals surface area contributed by atoms with Crippen LogP contribution in [0.3, 0.4) is 0 Å². The zero-order valence-corrected chi connectivity index (χ0v) is 18.1. The van der Waals surface area contributed by atoms with Gasteiger partial charge in [-0.2, -0.15) is 4.72 Å². The van der Waals surface area contributed by atoms with Gasteiger partial charge in [-0.1, -0.05) is 15.9 Å². The Hall–Kier alpha value is -2.63. The van der Waals surface area contributed by atoms with Crippen molar-refractivity contribution < 1.29 is 32.2 Å². The summed E-state index contributed by atoms with van der Waals surface area (Å²) in [5, 5.41) is 2.56. The van der Waals surface area contributed by atoms with E-state index in [9.17, 15) is 18.0 Å². The monoisotopic (exact) mass is 498 g/mol. The maximum absolute atomic E-state index is 12.4. The molecule has 2 N–H and O–H groups in total. The summed E-state index contributed by atoms with van der Waals surface area (Å²) in [4.78, 5) is 23.6. The first-order chi connectivity index (χ1) is 14.3. The summed E-state index contributed by atoms with van der Waals surface area (Å²) in [5.41, 5.74) is 0.536. The molecule has 0 saturated heterocycles. The highest BCUT2D eigenvalue weighted by molar-refractivity contribution is 9.10. The van der Waals surface area contributed by atoms with Crippen LogP contribution in [-0.2, 0) is 24.3 Å².